The number of benzene rings is 2. The fraction of sp³-hybridized carbons (Fsp3) is 0.333. The smallest absolute Gasteiger partial charge is 0.229 e. The molecule has 4 aromatic rings. The molecule has 1 aliphatic heterocycles. The molecule has 3 heterocycles. The van der Waals surface area contributed by atoms with Crippen LogP contribution in [0.2, 0.25) is 0 Å². The van der Waals surface area contributed by atoms with Gasteiger partial charge in [0.05, 0.1) is 18.4 Å². The molecule has 2 aromatic carbocycles. The van der Waals surface area contributed by atoms with E-state index >= 15 is 0 Å². The van der Waals surface area contributed by atoms with Crippen molar-refractivity contribution in [3.05, 3.63) is 65.6 Å². The highest BCUT2D eigenvalue weighted by Crippen LogP contribution is 2.31. The average Bonchev–Trinajstić information content (AvgIpc) is 3.37. The zero-order valence-corrected chi connectivity index (χ0v) is 17.6. The Morgan fingerprint density at radius 3 is 2.84 bits per heavy atom. The summed E-state index contributed by atoms with van der Waals surface area (Å²) in [5.41, 5.74) is 2.88. The number of rotatable bonds is 5. The summed E-state index contributed by atoms with van der Waals surface area (Å²) in [5.74, 6) is 2.08. The minimum absolute atomic E-state index is 0.242. The van der Waals surface area contributed by atoms with E-state index in [-0.39, 0.29) is 5.92 Å². The van der Waals surface area contributed by atoms with E-state index in [1.54, 1.807) is 12.1 Å². The maximum atomic E-state index is 14.4. The number of oxazole rings is 2. The SMILES string of the molecule is COc1ccc(-c2nc(CN3CCCC(c4nc5ccccc5o4)C3)c(C)o2)c(F)c1. The van der Waals surface area contributed by atoms with Crippen LogP contribution in [0.3, 0.4) is 0 Å². The third kappa shape index (κ3) is 3.93. The highest BCUT2D eigenvalue weighted by Gasteiger charge is 2.27. The van der Waals surface area contributed by atoms with Crippen molar-refractivity contribution in [2.75, 3.05) is 20.2 Å². The first-order chi connectivity index (χ1) is 15.1. The molecular formula is C24H24FN3O3. The Kier molecular flexibility index (Phi) is 5.19. The van der Waals surface area contributed by atoms with Crippen LogP contribution in [0.1, 0.15) is 36.1 Å². The molecule has 0 saturated carbocycles. The van der Waals surface area contributed by atoms with Crippen molar-refractivity contribution in [3.63, 3.8) is 0 Å². The van der Waals surface area contributed by atoms with Crippen LogP contribution in [0.15, 0.2) is 51.3 Å². The van der Waals surface area contributed by atoms with Gasteiger partial charge in [0.2, 0.25) is 5.89 Å². The maximum Gasteiger partial charge on any atom is 0.229 e. The Labute approximate surface area is 179 Å². The van der Waals surface area contributed by atoms with E-state index < -0.39 is 5.82 Å². The van der Waals surface area contributed by atoms with Crippen LogP contribution in [0.5, 0.6) is 5.75 Å². The molecule has 31 heavy (non-hydrogen) atoms. The molecule has 6 nitrogen and oxygen atoms in total. The number of aromatic nitrogens is 2. The summed E-state index contributed by atoms with van der Waals surface area (Å²) in [4.78, 5) is 11.6. The lowest BCUT2D eigenvalue weighted by Gasteiger charge is -2.30. The molecule has 0 radical (unpaired) electrons. The lowest BCUT2D eigenvalue weighted by atomic mass is 9.98. The Balaban J connectivity index is 1.33. The fourth-order valence-corrected chi connectivity index (χ4v) is 4.16. The van der Waals surface area contributed by atoms with Crippen LogP contribution in [0.25, 0.3) is 22.6 Å². The molecule has 0 aliphatic carbocycles. The molecule has 1 fully saturated rings. The lowest BCUT2D eigenvalue weighted by Crippen LogP contribution is -2.34. The summed E-state index contributed by atoms with van der Waals surface area (Å²) in [5, 5.41) is 0. The van der Waals surface area contributed by atoms with Gasteiger partial charge in [0.25, 0.3) is 0 Å². The van der Waals surface area contributed by atoms with E-state index in [4.69, 9.17) is 13.6 Å². The first-order valence-electron chi connectivity index (χ1n) is 10.5. The Morgan fingerprint density at radius 2 is 2.03 bits per heavy atom. The van der Waals surface area contributed by atoms with Crippen LogP contribution >= 0.6 is 0 Å². The number of hydrogen-bond donors (Lipinski definition) is 0. The first-order valence-corrected chi connectivity index (χ1v) is 10.5. The predicted octanol–water partition coefficient (Wildman–Crippen LogP) is 5.32. The summed E-state index contributed by atoms with van der Waals surface area (Å²) >= 11 is 0. The second kappa shape index (κ2) is 8.15. The van der Waals surface area contributed by atoms with Crippen molar-refractivity contribution in [2.24, 2.45) is 0 Å². The fourth-order valence-electron chi connectivity index (χ4n) is 4.16. The molecule has 1 saturated heterocycles. The highest BCUT2D eigenvalue weighted by molar-refractivity contribution is 5.72. The molecule has 1 aliphatic rings. The quantitative estimate of drug-likeness (QED) is 0.435. The number of aryl methyl sites for hydroxylation is 1. The van der Waals surface area contributed by atoms with Crippen LogP contribution in [0.4, 0.5) is 4.39 Å². The number of fused-ring (bicyclic) bond motifs is 1. The lowest BCUT2D eigenvalue weighted by molar-refractivity contribution is 0.185. The summed E-state index contributed by atoms with van der Waals surface area (Å²) in [6, 6.07) is 12.5. The van der Waals surface area contributed by atoms with Gasteiger partial charge in [0, 0.05) is 25.1 Å². The van der Waals surface area contributed by atoms with Crippen LogP contribution in [-0.4, -0.2) is 35.1 Å². The van der Waals surface area contributed by atoms with Gasteiger partial charge in [-0.2, -0.15) is 0 Å². The zero-order chi connectivity index (χ0) is 21.4. The molecule has 2 aromatic heterocycles. The number of ether oxygens (including phenoxy) is 1. The van der Waals surface area contributed by atoms with Crippen molar-refractivity contribution in [3.8, 4) is 17.2 Å². The van der Waals surface area contributed by atoms with Gasteiger partial charge in [-0.15, -0.1) is 0 Å². The van der Waals surface area contributed by atoms with Crippen molar-refractivity contribution >= 4 is 11.1 Å². The second-order valence-corrected chi connectivity index (χ2v) is 7.96. The van der Waals surface area contributed by atoms with E-state index in [9.17, 15) is 4.39 Å². The van der Waals surface area contributed by atoms with Crippen molar-refractivity contribution in [2.45, 2.75) is 32.2 Å². The van der Waals surface area contributed by atoms with Crippen LogP contribution in [0, 0.1) is 12.7 Å². The monoisotopic (exact) mass is 421 g/mol. The van der Waals surface area contributed by atoms with Crippen molar-refractivity contribution in [1.29, 1.82) is 0 Å². The topological polar surface area (TPSA) is 64.5 Å². The standard InChI is InChI=1S/C24H24FN3O3/c1-15-21(27-24(30-15)18-10-9-17(29-2)12-19(18)25)14-28-11-5-6-16(13-28)23-26-20-7-3-4-8-22(20)31-23/h3-4,7-10,12,16H,5-6,11,13-14H2,1-2H3. The van der Waals surface area contributed by atoms with Gasteiger partial charge in [-0.25, -0.2) is 14.4 Å². The summed E-state index contributed by atoms with van der Waals surface area (Å²) < 4.78 is 31.3. The van der Waals surface area contributed by atoms with E-state index in [1.165, 1.54) is 13.2 Å². The summed E-state index contributed by atoms with van der Waals surface area (Å²) in [6.45, 7) is 4.32. The number of nitrogens with zero attached hydrogens (tertiary/aromatic N) is 3. The van der Waals surface area contributed by atoms with Gasteiger partial charge in [0.1, 0.15) is 22.8 Å². The molecule has 160 valence electrons. The van der Waals surface area contributed by atoms with Crippen LogP contribution < -0.4 is 4.74 Å². The molecule has 7 heteroatoms. The number of likely N-dealkylation sites (tertiary alicyclic amines) is 1. The van der Waals surface area contributed by atoms with Gasteiger partial charge >= 0.3 is 0 Å². The molecular weight excluding hydrogens is 397 g/mol. The van der Waals surface area contributed by atoms with Gasteiger partial charge in [-0.05, 0) is 50.6 Å². The predicted molar refractivity (Wildman–Crippen MR) is 114 cm³/mol. The van der Waals surface area contributed by atoms with Crippen molar-refractivity contribution < 1.29 is 18.0 Å². The summed E-state index contributed by atoms with van der Waals surface area (Å²) in [6.07, 6.45) is 2.10. The Morgan fingerprint density at radius 1 is 1.16 bits per heavy atom. The van der Waals surface area contributed by atoms with E-state index in [0.29, 0.717) is 29.5 Å². The number of para-hydroxylation sites is 2. The highest BCUT2D eigenvalue weighted by atomic mass is 19.1. The van der Waals surface area contributed by atoms with E-state index in [1.807, 2.05) is 31.2 Å². The number of methoxy groups -OCH3 is 1. The molecule has 5 rings (SSSR count). The maximum absolute atomic E-state index is 14.4. The molecule has 1 atom stereocenters. The Hall–Kier alpha value is -3.19. The number of piperidine rings is 1. The minimum Gasteiger partial charge on any atom is -0.497 e. The van der Waals surface area contributed by atoms with Gasteiger partial charge < -0.3 is 13.6 Å². The zero-order valence-electron chi connectivity index (χ0n) is 17.6. The average molecular weight is 421 g/mol. The molecule has 0 N–H and O–H groups in total. The second-order valence-electron chi connectivity index (χ2n) is 7.96. The molecule has 0 bridgehead atoms. The van der Waals surface area contributed by atoms with Crippen LogP contribution in [-0.2, 0) is 6.54 Å². The van der Waals surface area contributed by atoms with Gasteiger partial charge in [-0.1, -0.05) is 12.1 Å². The van der Waals surface area contributed by atoms with E-state index in [0.717, 1.165) is 48.6 Å². The van der Waals surface area contributed by atoms with E-state index in [2.05, 4.69) is 14.9 Å². The van der Waals surface area contributed by atoms with Gasteiger partial charge in [-0.3, -0.25) is 4.90 Å². The minimum atomic E-state index is -0.416. The third-order valence-electron chi connectivity index (χ3n) is 5.84. The first kappa shape index (κ1) is 19.8. The Bertz CT molecular complexity index is 1180. The molecule has 0 amide bonds. The third-order valence-corrected chi connectivity index (χ3v) is 5.84. The van der Waals surface area contributed by atoms with Crippen molar-refractivity contribution in [1.82, 2.24) is 14.9 Å². The number of halogens is 1. The molecule has 1 unspecified atom stereocenters. The van der Waals surface area contributed by atoms with Gasteiger partial charge in [0.15, 0.2) is 11.5 Å². The normalized spacial score (nSPS) is 17.3. The molecule has 0 spiro atoms. The summed E-state index contributed by atoms with van der Waals surface area (Å²) in [7, 11) is 1.51. The number of hydrogen-bond acceptors (Lipinski definition) is 6. The largest absolute Gasteiger partial charge is 0.497 e.